The molecule has 0 amide bonds. The van der Waals surface area contributed by atoms with Gasteiger partial charge in [-0.05, 0) is 53.7 Å². The summed E-state index contributed by atoms with van der Waals surface area (Å²) in [6.45, 7) is 14.3. The van der Waals surface area contributed by atoms with Crippen molar-refractivity contribution in [1.29, 1.82) is 0 Å². The van der Waals surface area contributed by atoms with Crippen LogP contribution in [0, 0.1) is 0 Å². The summed E-state index contributed by atoms with van der Waals surface area (Å²) in [4.78, 5) is 40.3. The van der Waals surface area contributed by atoms with Crippen molar-refractivity contribution in [2.75, 3.05) is 32.8 Å². The van der Waals surface area contributed by atoms with E-state index in [2.05, 4.69) is 48.6 Å². The highest BCUT2D eigenvalue weighted by Crippen LogP contribution is 2.46. The number of benzene rings is 1. The van der Waals surface area contributed by atoms with Crippen LogP contribution in [0.4, 0.5) is 0 Å². The monoisotopic (exact) mass is 792 g/mol. The van der Waals surface area contributed by atoms with Gasteiger partial charge in [-0.15, -0.1) is 0 Å². The fourth-order valence-corrected chi connectivity index (χ4v) is 7.24. The maximum atomic E-state index is 12.3. The minimum absolute atomic E-state index is 0.102. The molecule has 13 nitrogen and oxygen atoms in total. The molecule has 4 N–H and O–H groups in total. The first-order valence-electron chi connectivity index (χ1n) is 17.1. The lowest BCUT2D eigenvalue weighted by Crippen LogP contribution is -2.50. The van der Waals surface area contributed by atoms with E-state index in [1.54, 1.807) is 12.1 Å². The van der Waals surface area contributed by atoms with Crippen LogP contribution < -0.4 is 20.7 Å². The van der Waals surface area contributed by atoms with Crippen molar-refractivity contribution in [3.05, 3.63) is 60.9 Å². The second-order valence-corrected chi connectivity index (χ2v) is 15.1. The Balaban J connectivity index is 0.000000326. The number of ether oxygens (including phenoxy) is 1. The van der Waals surface area contributed by atoms with Gasteiger partial charge in [-0.1, -0.05) is 65.0 Å². The van der Waals surface area contributed by atoms with E-state index >= 15 is 0 Å². The van der Waals surface area contributed by atoms with Gasteiger partial charge in [0.15, 0.2) is 12.0 Å². The van der Waals surface area contributed by atoms with Crippen molar-refractivity contribution in [2.45, 2.75) is 104 Å². The number of hydrogen-bond donors (Lipinski definition) is 4. The number of phosphoric acid groups is 1. The van der Waals surface area contributed by atoms with Gasteiger partial charge in [0.05, 0.1) is 48.7 Å². The largest absolute Gasteiger partial charge is 0.746 e. The Hall–Kier alpha value is -2.00. The molecule has 3 aromatic rings. The lowest BCUT2D eigenvalue weighted by molar-refractivity contribution is -0.929. The molecule has 3 heterocycles. The first kappa shape index (κ1) is 41.4. The summed E-state index contributed by atoms with van der Waals surface area (Å²) in [7, 11) is -4.96. The average Bonchev–Trinajstić information content (AvgIpc) is 3.60. The number of aromatic amines is 2. The summed E-state index contributed by atoms with van der Waals surface area (Å²) in [6.07, 6.45) is 7.55. The van der Waals surface area contributed by atoms with Crippen LogP contribution in [-0.4, -0.2) is 80.3 Å². The van der Waals surface area contributed by atoms with Gasteiger partial charge in [0, 0.05) is 22.9 Å². The Morgan fingerprint density at radius 2 is 1.55 bits per heavy atom. The predicted molar refractivity (Wildman–Crippen MR) is 192 cm³/mol. The van der Waals surface area contributed by atoms with Gasteiger partial charge in [0.25, 0.3) is 5.56 Å². The summed E-state index contributed by atoms with van der Waals surface area (Å²) in [5.41, 5.74) is -1.01. The van der Waals surface area contributed by atoms with Crippen molar-refractivity contribution in [3.63, 3.8) is 0 Å². The third-order valence-corrected chi connectivity index (χ3v) is 10.9. The molecule has 1 saturated heterocycles. The summed E-state index contributed by atoms with van der Waals surface area (Å²) in [5, 5.41) is 20.9. The molecule has 2 aromatic heterocycles. The summed E-state index contributed by atoms with van der Waals surface area (Å²) < 4.78 is 30.4. The smallest absolute Gasteiger partial charge is 0.330 e. The molecular formula is C33H51BrClN4O9P. The van der Waals surface area contributed by atoms with Crippen molar-refractivity contribution >= 4 is 46.3 Å². The molecule has 1 fully saturated rings. The number of rotatable bonds is 18. The van der Waals surface area contributed by atoms with E-state index in [1.807, 2.05) is 4.98 Å². The van der Waals surface area contributed by atoms with Crippen LogP contribution in [0.25, 0.3) is 10.9 Å². The second kappa shape index (κ2) is 19.6. The van der Waals surface area contributed by atoms with E-state index in [1.165, 1.54) is 88.2 Å². The zero-order valence-electron chi connectivity index (χ0n) is 28.7. The molecule has 5 atom stereocenters. The Kier molecular flexibility index (Phi) is 16.5. The maximum absolute atomic E-state index is 12.3. The van der Waals surface area contributed by atoms with E-state index < -0.39 is 50.2 Å². The van der Waals surface area contributed by atoms with E-state index in [0.29, 0.717) is 15.4 Å². The quantitative estimate of drug-likeness (QED) is 0.0940. The molecule has 1 unspecified atom stereocenters. The molecule has 0 spiro atoms. The molecule has 276 valence electrons. The molecule has 0 saturated carbocycles. The number of nitrogens with one attached hydrogen (secondary N) is 2. The fraction of sp³-hybridized carbons (Fsp3) is 0.636. The Morgan fingerprint density at radius 1 is 0.980 bits per heavy atom. The van der Waals surface area contributed by atoms with Gasteiger partial charge in [-0.3, -0.25) is 18.9 Å². The van der Waals surface area contributed by atoms with Crippen molar-refractivity contribution < 1.29 is 37.9 Å². The zero-order chi connectivity index (χ0) is 36.2. The van der Waals surface area contributed by atoms with Gasteiger partial charge in [0.1, 0.15) is 18.3 Å². The highest BCUT2D eigenvalue weighted by Gasteiger charge is 2.44. The first-order chi connectivity index (χ1) is 23.3. The Labute approximate surface area is 300 Å². The average molecular weight is 794 g/mol. The number of H-pyrrole nitrogens is 2. The first-order valence-corrected chi connectivity index (χ1v) is 19.7. The highest BCUT2D eigenvalue weighted by atomic mass is 79.9. The standard InChI is InChI=1S/C17H16BrClN3O9P.C16H36N/c18-7-1-2-8-12(13(7)19)9(5-20-8)31-32(27,28)29-6-10-14(24)15(25)16(30-10)22-4-3-11(23)21-17(22)26;1-5-9-13-17(14-10-6-2,15-11-7-3)16-12-8-4/h1-5,10,14-16,20,24-25H,6H2,(H,27,28)(H,21,23,26);5-16H2,1-4H3/q;+1/p-1/t10-,14-,15-,16-;/m1./s1. The van der Waals surface area contributed by atoms with Crippen LogP contribution in [0.3, 0.4) is 0 Å². The van der Waals surface area contributed by atoms with Gasteiger partial charge in [-0.25, -0.2) is 4.79 Å². The molecule has 1 aromatic carbocycles. The number of fused-ring (bicyclic) bond motifs is 1. The van der Waals surface area contributed by atoms with Crippen molar-refractivity contribution in [2.24, 2.45) is 0 Å². The SMILES string of the molecule is CCCC[N+](CCCC)(CCCC)CCCC.O=c1ccn([C@@H]2O[C@H](COP(=O)([O-])Oc3c[nH]c4ccc(Br)c(Cl)c34)[C@@H](O)[C@H]2O)c(=O)[nH]1. The molecule has 1 aliphatic rings. The lowest BCUT2D eigenvalue weighted by atomic mass is 10.1. The van der Waals surface area contributed by atoms with Crippen LogP contribution >= 0.6 is 35.4 Å². The third kappa shape index (κ3) is 11.5. The molecule has 1 aliphatic heterocycles. The van der Waals surface area contributed by atoms with Gasteiger partial charge in [-0.2, -0.15) is 0 Å². The number of aliphatic hydroxyl groups is 2. The number of nitrogens with zero attached hydrogens (tertiary/aromatic N) is 2. The molecular weight excluding hydrogens is 743 g/mol. The van der Waals surface area contributed by atoms with E-state index in [4.69, 9.17) is 25.4 Å². The number of aliphatic hydroxyl groups excluding tert-OH is 2. The van der Waals surface area contributed by atoms with Gasteiger partial charge in [0.2, 0.25) is 0 Å². The van der Waals surface area contributed by atoms with Gasteiger partial charge >= 0.3 is 13.5 Å². The molecule has 0 aliphatic carbocycles. The minimum atomic E-state index is -4.96. The highest BCUT2D eigenvalue weighted by molar-refractivity contribution is 9.10. The normalized spacial score (nSPS) is 20.6. The maximum Gasteiger partial charge on any atom is 0.330 e. The van der Waals surface area contributed by atoms with Crippen LogP contribution in [-0.2, 0) is 13.8 Å². The zero-order valence-corrected chi connectivity index (χ0v) is 32.0. The van der Waals surface area contributed by atoms with Crippen LogP contribution in [0.5, 0.6) is 5.75 Å². The van der Waals surface area contributed by atoms with E-state index in [9.17, 15) is 29.3 Å². The molecule has 49 heavy (non-hydrogen) atoms. The third-order valence-electron chi connectivity index (χ3n) is 8.71. The molecule has 0 radical (unpaired) electrons. The van der Waals surface area contributed by atoms with Crippen LogP contribution in [0.15, 0.2) is 44.7 Å². The number of quaternary nitrogens is 1. The summed E-state index contributed by atoms with van der Waals surface area (Å²) in [5.74, 6) is -0.102. The van der Waals surface area contributed by atoms with Crippen molar-refractivity contribution in [3.8, 4) is 5.75 Å². The Morgan fingerprint density at radius 3 is 2.08 bits per heavy atom. The number of phosphoric ester groups is 1. The van der Waals surface area contributed by atoms with Crippen molar-refractivity contribution in [1.82, 2.24) is 14.5 Å². The second-order valence-electron chi connectivity index (χ2n) is 12.5. The number of unbranched alkanes of at least 4 members (excludes halogenated alkanes) is 4. The topological polar surface area (TPSA) is 179 Å². The van der Waals surface area contributed by atoms with Crippen LogP contribution in [0.2, 0.25) is 5.02 Å². The lowest BCUT2D eigenvalue weighted by Gasteiger charge is -2.39. The summed E-state index contributed by atoms with van der Waals surface area (Å²) >= 11 is 9.45. The predicted octanol–water partition coefficient (Wildman–Crippen LogP) is 5.62. The Bertz CT molecular complexity index is 1600. The molecule has 0 bridgehead atoms. The fourth-order valence-electron chi connectivity index (χ4n) is 5.88. The number of halogens is 2. The number of aromatic nitrogens is 3. The van der Waals surface area contributed by atoms with Crippen LogP contribution in [0.1, 0.15) is 85.3 Å². The summed E-state index contributed by atoms with van der Waals surface area (Å²) in [6, 6.07) is 4.36. The molecule has 16 heteroatoms. The molecule has 4 rings (SSSR count). The minimum Gasteiger partial charge on any atom is -0.746 e. The number of hydrogen-bond acceptors (Lipinski definition) is 9. The van der Waals surface area contributed by atoms with E-state index in [-0.39, 0.29) is 10.8 Å². The van der Waals surface area contributed by atoms with Gasteiger partial charge < -0.3 is 38.4 Å². The van der Waals surface area contributed by atoms with E-state index in [0.717, 1.165) is 16.8 Å².